The summed E-state index contributed by atoms with van der Waals surface area (Å²) in [4.78, 5) is 3.97. The highest BCUT2D eigenvalue weighted by molar-refractivity contribution is 7.89. The highest BCUT2D eigenvalue weighted by atomic mass is 32.2. The Morgan fingerprint density at radius 1 is 1.42 bits per heavy atom. The number of aryl methyl sites for hydroxylation is 2. The molecule has 0 saturated carbocycles. The first-order valence-corrected chi connectivity index (χ1v) is 7.31. The average molecular weight is 280 g/mol. The van der Waals surface area contributed by atoms with Gasteiger partial charge in [0.15, 0.2) is 0 Å². The molecule has 7 heteroatoms. The third-order valence-electron chi connectivity index (χ3n) is 2.79. The second-order valence-corrected chi connectivity index (χ2v) is 6.09. The van der Waals surface area contributed by atoms with E-state index in [0.29, 0.717) is 0 Å². The van der Waals surface area contributed by atoms with Gasteiger partial charge < -0.3 is 0 Å². The zero-order chi connectivity index (χ0) is 14.0. The predicted molar refractivity (Wildman–Crippen MR) is 70.9 cm³/mol. The summed E-state index contributed by atoms with van der Waals surface area (Å²) in [6.45, 7) is 3.64. The van der Waals surface area contributed by atoms with Gasteiger partial charge in [0.1, 0.15) is 4.90 Å². The number of sulfonamides is 1. The lowest BCUT2D eigenvalue weighted by Crippen LogP contribution is -2.27. The fraction of sp³-hybridized carbons (Fsp3) is 0.333. The molecule has 102 valence electrons. The number of nitrogens with zero attached hydrogens (tertiary/aromatic N) is 3. The van der Waals surface area contributed by atoms with Gasteiger partial charge in [0.05, 0.1) is 5.69 Å². The minimum Gasteiger partial charge on any atom is -0.275 e. The molecule has 0 aliphatic rings. The third-order valence-corrected chi connectivity index (χ3v) is 4.32. The monoisotopic (exact) mass is 280 g/mol. The number of nitrogens with one attached hydrogen (secondary N) is 1. The van der Waals surface area contributed by atoms with Crippen molar-refractivity contribution in [3.8, 4) is 0 Å². The topological polar surface area (TPSA) is 76.9 Å². The minimum absolute atomic E-state index is 0.156. The van der Waals surface area contributed by atoms with E-state index in [9.17, 15) is 8.42 Å². The maximum atomic E-state index is 12.2. The molecule has 0 amide bonds. The van der Waals surface area contributed by atoms with Crippen molar-refractivity contribution in [3.63, 3.8) is 0 Å². The SMILES string of the molecule is Cc1nn(C)cc1C(C)NS(=O)(=O)c1cccnc1. The molecule has 0 aromatic carbocycles. The van der Waals surface area contributed by atoms with Crippen molar-refractivity contribution in [2.45, 2.75) is 24.8 Å². The van der Waals surface area contributed by atoms with Crippen LogP contribution in [0.25, 0.3) is 0 Å². The van der Waals surface area contributed by atoms with E-state index in [-0.39, 0.29) is 10.9 Å². The lowest BCUT2D eigenvalue weighted by atomic mass is 10.1. The molecule has 2 aromatic heterocycles. The second kappa shape index (κ2) is 5.10. The molecule has 0 aliphatic heterocycles. The molecular formula is C12H16N4O2S. The number of aromatic nitrogens is 3. The van der Waals surface area contributed by atoms with Gasteiger partial charge in [-0.2, -0.15) is 5.10 Å². The summed E-state index contributed by atoms with van der Waals surface area (Å²) in [5.74, 6) is 0. The molecule has 0 saturated heterocycles. The Hall–Kier alpha value is -1.73. The van der Waals surface area contributed by atoms with Gasteiger partial charge in [-0.05, 0) is 26.0 Å². The predicted octanol–water partition coefficient (Wildman–Crippen LogP) is 1.16. The molecule has 2 heterocycles. The van der Waals surface area contributed by atoms with Crippen LogP contribution in [-0.4, -0.2) is 23.2 Å². The Morgan fingerprint density at radius 3 is 2.68 bits per heavy atom. The summed E-state index contributed by atoms with van der Waals surface area (Å²) >= 11 is 0. The first kappa shape index (κ1) is 13.7. The molecule has 6 nitrogen and oxygen atoms in total. The van der Waals surface area contributed by atoms with Crippen LogP contribution in [-0.2, 0) is 17.1 Å². The number of hydrogen-bond acceptors (Lipinski definition) is 4. The highest BCUT2D eigenvalue weighted by Crippen LogP contribution is 2.18. The van der Waals surface area contributed by atoms with Crippen molar-refractivity contribution >= 4 is 10.0 Å². The van der Waals surface area contributed by atoms with E-state index >= 15 is 0 Å². The third kappa shape index (κ3) is 2.99. The number of pyridine rings is 1. The number of rotatable bonds is 4. The van der Waals surface area contributed by atoms with Gasteiger partial charge in [-0.1, -0.05) is 0 Å². The Labute approximate surface area is 112 Å². The summed E-state index contributed by atoms with van der Waals surface area (Å²) in [6.07, 6.45) is 4.67. The van der Waals surface area contributed by atoms with Crippen LogP contribution < -0.4 is 4.72 Å². The van der Waals surface area contributed by atoms with Crippen LogP contribution in [0, 0.1) is 6.92 Å². The van der Waals surface area contributed by atoms with Crippen LogP contribution >= 0.6 is 0 Å². The fourth-order valence-electron chi connectivity index (χ4n) is 1.91. The molecule has 0 aliphatic carbocycles. The van der Waals surface area contributed by atoms with Crippen LogP contribution in [0.4, 0.5) is 0 Å². The largest absolute Gasteiger partial charge is 0.275 e. The summed E-state index contributed by atoms with van der Waals surface area (Å²) in [5, 5.41) is 4.20. The normalized spacial score (nSPS) is 13.4. The Morgan fingerprint density at radius 2 is 2.16 bits per heavy atom. The molecule has 1 N–H and O–H groups in total. The molecule has 2 aromatic rings. The molecule has 0 radical (unpaired) electrons. The van der Waals surface area contributed by atoms with E-state index in [4.69, 9.17) is 0 Å². The maximum absolute atomic E-state index is 12.2. The fourth-order valence-corrected chi connectivity index (χ4v) is 3.10. The lowest BCUT2D eigenvalue weighted by molar-refractivity contribution is 0.566. The smallest absolute Gasteiger partial charge is 0.242 e. The standard InChI is InChI=1S/C12H16N4O2S/c1-9-12(8-16(3)14-9)10(2)15-19(17,18)11-5-4-6-13-7-11/h4-8,10,15H,1-3H3. The van der Waals surface area contributed by atoms with Crippen molar-refractivity contribution in [1.29, 1.82) is 0 Å². The molecule has 0 fully saturated rings. The second-order valence-electron chi connectivity index (χ2n) is 4.38. The van der Waals surface area contributed by atoms with E-state index in [1.807, 2.05) is 13.1 Å². The number of hydrogen-bond donors (Lipinski definition) is 1. The minimum atomic E-state index is -3.56. The maximum Gasteiger partial charge on any atom is 0.242 e. The summed E-state index contributed by atoms with van der Waals surface area (Å²) < 4.78 is 28.6. The average Bonchev–Trinajstić information content (AvgIpc) is 2.69. The van der Waals surface area contributed by atoms with Gasteiger partial charge in [-0.25, -0.2) is 13.1 Å². The Balaban J connectivity index is 2.24. The molecular weight excluding hydrogens is 264 g/mol. The zero-order valence-corrected chi connectivity index (χ0v) is 11.8. The van der Waals surface area contributed by atoms with E-state index in [2.05, 4.69) is 14.8 Å². The lowest BCUT2D eigenvalue weighted by Gasteiger charge is -2.13. The van der Waals surface area contributed by atoms with Gasteiger partial charge in [-0.15, -0.1) is 0 Å². The first-order valence-electron chi connectivity index (χ1n) is 5.82. The molecule has 1 unspecified atom stereocenters. The molecule has 0 bridgehead atoms. The van der Waals surface area contributed by atoms with Crippen molar-refractivity contribution in [2.24, 2.45) is 7.05 Å². The summed E-state index contributed by atoms with van der Waals surface area (Å²) in [5.41, 5.74) is 1.67. The molecule has 19 heavy (non-hydrogen) atoms. The summed E-state index contributed by atoms with van der Waals surface area (Å²) in [7, 11) is -1.76. The van der Waals surface area contributed by atoms with Crippen molar-refractivity contribution in [2.75, 3.05) is 0 Å². The van der Waals surface area contributed by atoms with Crippen LogP contribution in [0.5, 0.6) is 0 Å². The van der Waals surface area contributed by atoms with Gasteiger partial charge in [-0.3, -0.25) is 9.67 Å². The van der Waals surface area contributed by atoms with Crippen LogP contribution in [0.15, 0.2) is 35.6 Å². The van der Waals surface area contributed by atoms with Crippen molar-refractivity contribution in [1.82, 2.24) is 19.5 Å². The van der Waals surface area contributed by atoms with E-state index in [1.165, 1.54) is 18.5 Å². The molecule has 0 spiro atoms. The van der Waals surface area contributed by atoms with Crippen LogP contribution in [0.2, 0.25) is 0 Å². The Kier molecular flexibility index (Phi) is 3.68. The van der Waals surface area contributed by atoms with Crippen LogP contribution in [0.1, 0.15) is 24.2 Å². The van der Waals surface area contributed by atoms with Gasteiger partial charge in [0.25, 0.3) is 0 Å². The molecule has 2 rings (SSSR count). The van der Waals surface area contributed by atoms with Gasteiger partial charge >= 0.3 is 0 Å². The van der Waals surface area contributed by atoms with Crippen molar-refractivity contribution in [3.05, 3.63) is 42.0 Å². The van der Waals surface area contributed by atoms with E-state index in [1.54, 1.807) is 24.7 Å². The zero-order valence-electron chi connectivity index (χ0n) is 11.0. The van der Waals surface area contributed by atoms with Crippen molar-refractivity contribution < 1.29 is 8.42 Å². The van der Waals surface area contributed by atoms with Crippen LogP contribution in [0.3, 0.4) is 0 Å². The van der Waals surface area contributed by atoms with E-state index < -0.39 is 10.0 Å². The molecule has 1 atom stereocenters. The van der Waals surface area contributed by atoms with Gasteiger partial charge in [0, 0.05) is 37.2 Å². The van der Waals surface area contributed by atoms with Gasteiger partial charge in [0.2, 0.25) is 10.0 Å². The summed E-state index contributed by atoms with van der Waals surface area (Å²) in [6, 6.07) is 2.76. The quantitative estimate of drug-likeness (QED) is 0.912. The Bertz CT molecular complexity index is 664. The highest BCUT2D eigenvalue weighted by Gasteiger charge is 2.20. The first-order chi connectivity index (χ1) is 8.90. The van der Waals surface area contributed by atoms with E-state index in [0.717, 1.165) is 11.3 Å².